The zero-order valence-electron chi connectivity index (χ0n) is 34.4. The molecule has 0 fully saturated rings. The van der Waals surface area contributed by atoms with Gasteiger partial charge < -0.3 is 30.6 Å². The third-order valence-corrected chi connectivity index (χ3v) is 12.6. The van der Waals surface area contributed by atoms with Gasteiger partial charge in [-0.2, -0.15) is 0 Å². The summed E-state index contributed by atoms with van der Waals surface area (Å²) in [6.07, 6.45) is 1.37. The standard InChI is InChI=1S/C57H44O6/c58-52-21-17-36-9-1-5-13-44(36)48(52)30-40-26-34(27-41(56(40)62)31-49-45-14-6-2-10-37(45)18-22-53(49)59)25-35-28-42(32-50-46-15-7-3-11-38(46)19-23-54(50)60)57(63)43(29-35)33-51-47-16-8-4-12-39(47)20-24-55(51)61/h1-24,26-29,58-63H,25,30-33H2. The van der Waals surface area contributed by atoms with Gasteiger partial charge in [0.1, 0.15) is 34.5 Å². The van der Waals surface area contributed by atoms with Crippen molar-refractivity contribution in [2.75, 3.05) is 0 Å². The van der Waals surface area contributed by atoms with E-state index in [2.05, 4.69) is 0 Å². The highest BCUT2D eigenvalue weighted by molar-refractivity contribution is 5.91. The predicted molar refractivity (Wildman–Crippen MR) is 253 cm³/mol. The highest BCUT2D eigenvalue weighted by Gasteiger charge is 2.21. The Morgan fingerprint density at radius 3 is 0.746 bits per heavy atom. The second-order valence-corrected chi connectivity index (χ2v) is 16.5. The van der Waals surface area contributed by atoms with Gasteiger partial charge in [-0.25, -0.2) is 0 Å². The van der Waals surface area contributed by atoms with Crippen LogP contribution in [-0.2, 0) is 32.1 Å². The Labute approximate surface area is 364 Å². The molecule has 0 unspecified atom stereocenters. The Balaban J connectivity index is 1.13. The van der Waals surface area contributed by atoms with Gasteiger partial charge in [-0.3, -0.25) is 0 Å². The van der Waals surface area contributed by atoms with E-state index in [4.69, 9.17) is 0 Å². The van der Waals surface area contributed by atoms with Crippen molar-refractivity contribution >= 4 is 43.1 Å². The molecule has 0 radical (unpaired) electrons. The van der Waals surface area contributed by atoms with Crippen LogP contribution in [0, 0.1) is 0 Å². The van der Waals surface area contributed by atoms with Crippen LogP contribution in [0.2, 0.25) is 0 Å². The van der Waals surface area contributed by atoms with Gasteiger partial charge in [0.05, 0.1) is 0 Å². The van der Waals surface area contributed by atoms with Crippen LogP contribution in [-0.4, -0.2) is 30.6 Å². The zero-order valence-corrected chi connectivity index (χ0v) is 34.4. The van der Waals surface area contributed by atoms with Crippen LogP contribution in [0.5, 0.6) is 34.5 Å². The minimum atomic E-state index is 0.0864. The number of rotatable bonds is 10. The molecular formula is C57H44O6. The third kappa shape index (κ3) is 7.46. The maximum absolute atomic E-state index is 12.2. The molecule has 0 amide bonds. The van der Waals surface area contributed by atoms with Crippen LogP contribution in [0.3, 0.4) is 0 Å². The molecule has 6 nitrogen and oxygen atoms in total. The average Bonchev–Trinajstić information content (AvgIpc) is 3.30. The van der Waals surface area contributed by atoms with Crippen molar-refractivity contribution in [3.05, 3.63) is 225 Å². The maximum Gasteiger partial charge on any atom is 0.122 e. The van der Waals surface area contributed by atoms with E-state index in [1.807, 2.05) is 146 Å². The molecule has 0 aromatic heterocycles. The number of phenols is 6. The van der Waals surface area contributed by atoms with Crippen molar-refractivity contribution in [3.8, 4) is 34.5 Å². The SMILES string of the molecule is Oc1ccc2ccccc2c1Cc1cc(Cc2cc(Cc3c(O)ccc4ccccc34)c(O)c(Cc3c(O)ccc4ccccc34)c2)cc(Cc2c(O)ccc3ccccc23)c1O. The lowest BCUT2D eigenvalue weighted by atomic mass is 9.88. The quantitative estimate of drug-likeness (QED) is 0.0817. The van der Waals surface area contributed by atoms with E-state index in [9.17, 15) is 30.6 Å². The molecule has 0 atom stereocenters. The van der Waals surface area contributed by atoms with Crippen molar-refractivity contribution in [3.63, 3.8) is 0 Å². The average molecular weight is 825 g/mol. The molecule has 0 aliphatic rings. The van der Waals surface area contributed by atoms with Crippen molar-refractivity contribution in [2.24, 2.45) is 0 Å². The third-order valence-electron chi connectivity index (χ3n) is 12.6. The Morgan fingerprint density at radius 1 is 0.254 bits per heavy atom. The van der Waals surface area contributed by atoms with Crippen LogP contribution < -0.4 is 0 Å². The van der Waals surface area contributed by atoms with E-state index in [0.29, 0.717) is 50.9 Å². The fraction of sp³-hybridized carbons (Fsp3) is 0.0877. The number of aromatic hydroxyl groups is 6. The minimum Gasteiger partial charge on any atom is -0.508 e. The van der Waals surface area contributed by atoms with E-state index in [1.165, 1.54) is 0 Å². The molecule has 63 heavy (non-hydrogen) atoms. The summed E-state index contributed by atoms with van der Waals surface area (Å²) in [6, 6.07) is 53.7. The van der Waals surface area contributed by atoms with Crippen LogP contribution in [0.4, 0.5) is 0 Å². The fourth-order valence-corrected chi connectivity index (χ4v) is 9.45. The zero-order chi connectivity index (χ0) is 43.2. The van der Waals surface area contributed by atoms with Crippen LogP contribution in [0.25, 0.3) is 43.1 Å². The lowest BCUT2D eigenvalue weighted by Crippen LogP contribution is -2.02. The van der Waals surface area contributed by atoms with Crippen LogP contribution in [0.15, 0.2) is 170 Å². The summed E-state index contributed by atoms with van der Waals surface area (Å²) in [6.45, 7) is 0. The summed E-state index contributed by atoms with van der Waals surface area (Å²) < 4.78 is 0. The molecule has 0 aliphatic carbocycles. The summed E-state index contributed by atoms with van der Waals surface area (Å²) >= 11 is 0. The molecule has 10 rings (SSSR count). The lowest BCUT2D eigenvalue weighted by Gasteiger charge is -2.19. The first-order valence-electron chi connectivity index (χ1n) is 21.1. The summed E-state index contributed by atoms with van der Waals surface area (Å²) in [5, 5.41) is 76.8. The summed E-state index contributed by atoms with van der Waals surface area (Å²) in [5.74, 6) is 0.702. The Hall–Kier alpha value is -7.96. The highest BCUT2D eigenvalue weighted by atomic mass is 16.3. The van der Waals surface area contributed by atoms with Gasteiger partial charge >= 0.3 is 0 Å². The first kappa shape index (κ1) is 39.2. The molecule has 10 aromatic rings. The van der Waals surface area contributed by atoms with Crippen molar-refractivity contribution in [2.45, 2.75) is 32.1 Å². The predicted octanol–water partition coefficient (Wildman–Crippen LogP) is 12.5. The van der Waals surface area contributed by atoms with Crippen molar-refractivity contribution in [1.82, 2.24) is 0 Å². The summed E-state index contributed by atoms with van der Waals surface area (Å²) in [7, 11) is 0. The molecule has 308 valence electrons. The Bertz CT molecular complexity index is 2960. The topological polar surface area (TPSA) is 121 Å². The maximum atomic E-state index is 12.2. The van der Waals surface area contributed by atoms with E-state index in [1.54, 1.807) is 24.3 Å². The smallest absolute Gasteiger partial charge is 0.122 e. The monoisotopic (exact) mass is 824 g/mol. The molecule has 6 N–H and O–H groups in total. The van der Waals surface area contributed by atoms with Crippen molar-refractivity contribution < 1.29 is 30.6 Å². The van der Waals surface area contributed by atoms with E-state index in [0.717, 1.165) is 54.2 Å². The first-order chi connectivity index (χ1) is 30.7. The summed E-state index contributed by atoms with van der Waals surface area (Å²) in [5.41, 5.74) is 7.00. The van der Waals surface area contributed by atoms with Crippen molar-refractivity contribution in [1.29, 1.82) is 0 Å². The fourth-order valence-electron chi connectivity index (χ4n) is 9.45. The molecule has 0 saturated carbocycles. The molecule has 0 bridgehead atoms. The molecule has 0 heterocycles. The van der Waals surface area contributed by atoms with Gasteiger partial charge in [0.25, 0.3) is 0 Å². The largest absolute Gasteiger partial charge is 0.508 e. The van der Waals surface area contributed by atoms with Crippen LogP contribution in [0.1, 0.15) is 55.6 Å². The van der Waals surface area contributed by atoms with E-state index < -0.39 is 0 Å². The first-order valence-corrected chi connectivity index (χ1v) is 21.1. The summed E-state index contributed by atoms with van der Waals surface area (Å²) in [4.78, 5) is 0. The molecular weight excluding hydrogens is 781 g/mol. The van der Waals surface area contributed by atoms with Gasteiger partial charge in [-0.15, -0.1) is 0 Å². The van der Waals surface area contributed by atoms with Crippen LogP contribution >= 0.6 is 0 Å². The normalized spacial score (nSPS) is 11.6. The van der Waals surface area contributed by atoms with Gasteiger partial charge in [-0.05, 0) is 107 Å². The minimum absolute atomic E-state index is 0.0864. The number of benzene rings is 10. The van der Waals surface area contributed by atoms with Gasteiger partial charge in [0, 0.05) is 47.9 Å². The number of hydrogen-bond donors (Lipinski definition) is 6. The second-order valence-electron chi connectivity index (χ2n) is 16.5. The van der Waals surface area contributed by atoms with Gasteiger partial charge in [-0.1, -0.05) is 146 Å². The number of fused-ring (bicyclic) bond motifs is 4. The molecule has 6 heteroatoms. The Morgan fingerprint density at radius 2 is 0.492 bits per heavy atom. The van der Waals surface area contributed by atoms with E-state index in [-0.39, 0.29) is 60.2 Å². The van der Waals surface area contributed by atoms with E-state index >= 15 is 0 Å². The number of hydrogen-bond acceptors (Lipinski definition) is 6. The second kappa shape index (κ2) is 16.1. The van der Waals surface area contributed by atoms with Gasteiger partial charge in [0.15, 0.2) is 0 Å². The molecule has 0 spiro atoms. The Kier molecular flexibility index (Phi) is 10.0. The molecule has 0 aliphatic heterocycles. The lowest BCUT2D eigenvalue weighted by molar-refractivity contribution is 0.456. The highest BCUT2D eigenvalue weighted by Crippen LogP contribution is 2.40. The molecule has 10 aromatic carbocycles. The molecule has 0 saturated heterocycles. The van der Waals surface area contributed by atoms with Gasteiger partial charge in [0.2, 0.25) is 0 Å². The number of phenolic OH excluding ortho intramolecular Hbond substituents is 6.